The van der Waals surface area contributed by atoms with Crippen molar-refractivity contribution in [2.45, 2.75) is 38.7 Å². The maximum atomic E-state index is 6.32. The van der Waals surface area contributed by atoms with Crippen molar-refractivity contribution >= 4 is 0 Å². The van der Waals surface area contributed by atoms with Crippen LogP contribution < -0.4 is 4.74 Å². The summed E-state index contributed by atoms with van der Waals surface area (Å²) in [7, 11) is 0. The van der Waals surface area contributed by atoms with E-state index in [2.05, 4.69) is 31.2 Å². The molecule has 5 atom stereocenters. The van der Waals surface area contributed by atoms with E-state index in [1.807, 2.05) is 0 Å². The lowest BCUT2D eigenvalue weighted by Gasteiger charge is -2.39. The van der Waals surface area contributed by atoms with E-state index in [1.54, 1.807) is 0 Å². The first kappa shape index (κ1) is 9.99. The topological polar surface area (TPSA) is 9.23 Å². The van der Waals surface area contributed by atoms with Gasteiger partial charge in [-0.2, -0.15) is 0 Å². The highest BCUT2D eigenvalue weighted by Crippen LogP contribution is 2.56. The maximum Gasteiger partial charge on any atom is 0.122 e. The van der Waals surface area contributed by atoms with Crippen LogP contribution in [-0.2, 0) is 6.42 Å². The van der Waals surface area contributed by atoms with Gasteiger partial charge in [-0.1, -0.05) is 31.5 Å². The van der Waals surface area contributed by atoms with Crippen molar-refractivity contribution in [3.63, 3.8) is 0 Å². The molecule has 1 heterocycles. The molecule has 0 aromatic heterocycles. The van der Waals surface area contributed by atoms with E-state index in [4.69, 9.17) is 4.74 Å². The van der Waals surface area contributed by atoms with E-state index in [-0.39, 0.29) is 0 Å². The molecule has 0 N–H and O–H groups in total. The molecule has 90 valence electrons. The van der Waals surface area contributed by atoms with Crippen LogP contribution in [-0.4, -0.2) is 6.10 Å². The largest absolute Gasteiger partial charge is 0.490 e. The number of fused-ring (bicyclic) bond motifs is 6. The molecular formula is C16H20O. The molecule has 0 amide bonds. The predicted octanol–water partition coefficient (Wildman–Crippen LogP) is 3.67. The van der Waals surface area contributed by atoms with Gasteiger partial charge < -0.3 is 4.74 Å². The highest BCUT2D eigenvalue weighted by atomic mass is 16.5. The molecule has 2 aliphatic carbocycles. The Hall–Kier alpha value is -0.980. The Morgan fingerprint density at radius 1 is 1.18 bits per heavy atom. The van der Waals surface area contributed by atoms with Crippen LogP contribution >= 0.6 is 0 Å². The summed E-state index contributed by atoms with van der Waals surface area (Å²) in [6.45, 7) is 2.34. The molecule has 1 heteroatoms. The van der Waals surface area contributed by atoms with E-state index in [9.17, 15) is 0 Å². The second-order valence-electron chi connectivity index (χ2n) is 6.12. The van der Waals surface area contributed by atoms with Crippen LogP contribution in [0.1, 0.15) is 31.7 Å². The van der Waals surface area contributed by atoms with Crippen LogP contribution in [0.25, 0.3) is 0 Å². The van der Waals surface area contributed by atoms with Gasteiger partial charge in [0.05, 0.1) is 0 Å². The van der Waals surface area contributed by atoms with E-state index in [0.717, 1.165) is 29.4 Å². The zero-order valence-corrected chi connectivity index (χ0v) is 10.4. The minimum atomic E-state index is 0.536. The van der Waals surface area contributed by atoms with Crippen LogP contribution in [0.15, 0.2) is 24.3 Å². The van der Waals surface area contributed by atoms with Crippen molar-refractivity contribution < 1.29 is 4.74 Å². The second-order valence-corrected chi connectivity index (χ2v) is 6.12. The Labute approximate surface area is 103 Å². The molecule has 5 unspecified atom stereocenters. The molecule has 0 radical (unpaired) electrons. The lowest BCUT2D eigenvalue weighted by atomic mass is 9.75. The molecule has 0 spiro atoms. The van der Waals surface area contributed by atoms with Gasteiger partial charge in [-0.05, 0) is 48.6 Å². The number of hydrogen-bond acceptors (Lipinski definition) is 1. The third kappa shape index (κ3) is 1.31. The van der Waals surface area contributed by atoms with Gasteiger partial charge in [0.1, 0.15) is 11.9 Å². The van der Waals surface area contributed by atoms with Gasteiger partial charge in [-0.25, -0.2) is 0 Å². The Bertz CT molecular complexity index is 439. The van der Waals surface area contributed by atoms with E-state index in [1.165, 1.54) is 31.2 Å². The normalized spacial score (nSPS) is 41.8. The monoisotopic (exact) mass is 228 g/mol. The summed E-state index contributed by atoms with van der Waals surface area (Å²) in [6, 6.07) is 8.64. The summed E-state index contributed by atoms with van der Waals surface area (Å²) in [6.07, 6.45) is 6.04. The summed E-state index contributed by atoms with van der Waals surface area (Å²) in [5.74, 6) is 4.71. The Morgan fingerprint density at radius 3 is 2.94 bits per heavy atom. The van der Waals surface area contributed by atoms with E-state index in [0.29, 0.717) is 6.10 Å². The zero-order chi connectivity index (χ0) is 11.4. The molecule has 1 aliphatic heterocycles. The van der Waals surface area contributed by atoms with Gasteiger partial charge in [-0.3, -0.25) is 0 Å². The lowest BCUT2D eigenvalue weighted by Crippen LogP contribution is -2.40. The Balaban J connectivity index is 1.68. The number of ether oxygens (including phenoxy) is 1. The van der Waals surface area contributed by atoms with Gasteiger partial charge in [0.2, 0.25) is 0 Å². The molecule has 4 rings (SSSR count). The highest BCUT2D eigenvalue weighted by molar-refractivity contribution is 5.36. The van der Waals surface area contributed by atoms with Crippen LogP contribution in [0.3, 0.4) is 0 Å². The van der Waals surface area contributed by atoms with Crippen LogP contribution in [0.2, 0.25) is 0 Å². The smallest absolute Gasteiger partial charge is 0.122 e. The third-order valence-electron chi connectivity index (χ3n) is 5.45. The predicted molar refractivity (Wildman–Crippen MR) is 68.0 cm³/mol. The Morgan fingerprint density at radius 2 is 2.06 bits per heavy atom. The zero-order valence-electron chi connectivity index (χ0n) is 10.4. The molecule has 17 heavy (non-hydrogen) atoms. The van der Waals surface area contributed by atoms with Crippen molar-refractivity contribution in [2.24, 2.45) is 23.7 Å². The molecule has 3 aliphatic rings. The molecule has 2 bridgehead atoms. The highest BCUT2D eigenvalue weighted by Gasteiger charge is 2.54. The summed E-state index contributed by atoms with van der Waals surface area (Å²) in [5.41, 5.74) is 1.44. The quantitative estimate of drug-likeness (QED) is 0.712. The average molecular weight is 228 g/mol. The fourth-order valence-electron chi connectivity index (χ4n) is 4.65. The number of benzene rings is 1. The van der Waals surface area contributed by atoms with Crippen LogP contribution in [0, 0.1) is 23.7 Å². The third-order valence-corrected chi connectivity index (χ3v) is 5.45. The van der Waals surface area contributed by atoms with Gasteiger partial charge in [0.15, 0.2) is 0 Å². The fraction of sp³-hybridized carbons (Fsp3) is 0.625. The van der Waals surface area contributed by atoms with Crippen LogP contribution in [0.5, 0.6) is 5.75 Å². The van der Waals surface area contributed by atoms with Gasteiger partial charge in [0, 0.05) is 5.92 Å². The Kier molecular flexibility index (Phi) is 2.06. The van der Waals surface area contributed by atoms with Crippen LogP contribution in [0.4, 0.5) is 0 Å². The molecule has 2 fully saturated rings. The molecule has 2 saturated carbocycles. The average Bonchev–Trinajstić information content (AvgIpc) is 2.94. The summed E-state index contributed by atoms with van der Waals surface area (Å²) in [4.78, 5) is 0. The fourth-order valence-corrected chi connectivity index (χ4v) is 4.65. The summed E-state index contributed by atoms with van der Waals surface area (Å²) in [5, 5.41) is 0. The van der Waals surface area contributed by atoms with Crippen molar-refractivity contribution in [1.29, 1.82) is 0 Å². The SMILES string of the molecule is CCC1CC2CC1C1Oc3ccccc3CC21. The van der Waals surface area contributed by atoms with E-state index >= 15 is 0 Å². The first-order chi connectivity index (χ1) is 8.36. The minimum Gasteiger partial charge on any atom is -0.490 e. The standard InChI is InChI=1S/C16H20O/c1-2-10-7-12-9-13(10)16-14(12)8-11-5-3-4-6-15(11)17-16/h3-6,10,12-14,16H,2,7-9H2,1H3. The number of hydrogen-bond donors (Lipinski definition) is 0. The van der Waals surface area contributed by atoms with Crippen molar-refractivity contribution in [1.82, 2.24) is 0 Å². The molecule has 0 saturated heterocycles. The number of rotatable bonds is 1. The first-order valence-corrected chi connectivity index (χ1v) is 7.11. The summed E-state index contributed by atoms with van der Waals surface area (Å²) >= 11 is 0. The van der Waals surface area contributed by atoms with Gasteiger partial charge in [0.25, 0.3) is 0 Å². The second kappa shape index (κ2) is 3.51. The molecule has 1 aromatic rings. The first-order valence-electron chi connectivity index (χ1n) is 7.11. The lowest BCUT2D eigenvalue weighted by molar-refractivity contribution is 0.0367. The van der Waals surface area contributed by atoms with Gasteiger partial charge >= 0.3 is 0 Å². The molecule has 1 nitrogen and oxygen atoms in total. The van der Waals surface area contributed by atoms with Crippen molar-refractivity contribution in [3.05, 3.63) is 29.8 Å². The summed E-state index contributed by atoms with van der Waals surface area (Å²) < 4.78 is 6.32. The van der Waals surface area contributed by atoms with E-state index < -0.39 is 0 Å². The minimum absolute atomic E-state index is 0.536. The number of para-hydroxylation sites is 1. The van der Waals surface area contributed by atoms with Crippen molar-refractivity contribution in [3.8, 4) is 5.75 Å². The van der Waals surface area contributed by atoms with Gasteiger partial charge in [-0.15, -0.1) is 0 Å². The van der Waals surface area contributed by atoms with Crippen molar-refractivity contribution in [2.75, 3.05) is 0 Å². The maximum absolute atomic E-state index is 6.32. The molecular weight excluding hydrogens is 208 g/mol. The molecule has 1 aromatic carbocycles.